The second-order valence-electron chi connectivity index (χ2n) is 6.05. The molecule has 1 fully saturated rings. The van der Waals surface area contributed by atoms with Crippen LogP contribution in [0.3, 0.4) is 0 Å². The summed E-state index contributed by atoms with van der Waals surface area (Å²) in [6, 6.07) is 0.277. The molecule has 0 aliphatic carbocycles. The monoisotopic (exact) mass is 288 g/mol. The highest BCUT2D eigenvalue weighted by atomic mass is 16.7. The summed E-state index contributed by atoms with van der Waals surface area (Å²) in [4.78, 5) is 19.1. The van der Waals surface area contributed by atoms with Crippen molar-refractivity contribution >= 4 is 6.09 Å². The summed E-state index contributed by atoms with van der Waals surface area (Å²) in [5.74, 6) is 0. The molecule has 0 aromatic carbocycles. The van der Waals surface area contributed by atoms with Gasteiger partial charge in [-0.15, -0.1) is 0 Å². The lowest BCUT2D eigenvalue weighted by atomic mass is 10.1. The first kappa shape index (κ1) is 17.2. The molecule has 6 heteroatoms. The first-order chi connectivity index (χ1) is 9.42. The van der Waals surface area contributed by atoms with Crippen molar-refractivity contribution in [2.24, 2.45) is 0 Å². The van der Waals surface area contributed by atoms with Gasteiger partial charge in [-0.2, -0.15) is 5.48 Å². The van der Waals surface area contributed by atoms with E-state index in [2.05, 4.69) is 5.48 Å². The van der Waals surface area contributed by atoms with Crippen LogP contribution >= 0.6 is 0 Å². The second kappa shape index (κ2) is 8.44. The molecule has 1 rings (SSSR count). The summed E-state index contributed by atoms with van der Waals surface area (Å²) < 4.78 is 10.3. The zero-order chi connectivity index (χ0) is 15.0. The van der Waals surface area contributed by atoms with E-state index >= 15 is 0 Å². The van der Waals surface area contributed by atoms with Gasteiger partial charge in [-0.05, 0) is 40.0 Å². The van der Waals surface area contributed by atoms with Gasteiger partial charge < -0.3 is 14.4 Å². The average molecular weight is 288 g/mol. The lowest BCUT2D eigenvalue weighted by Crippen LogP contribution is -2.38. The van der Waals surface area contributed by atoms with Crippen LogP contribution in [0, 0.1) is 0 Å². The molecule has 0 spiro atoms. The molecule has 0 radical (unpaired) electrons. The molecule has 1 aliphatic rings. The average Bonchev–Trinajstić information content (AvgIpc) is 2.58. The largest absolute Gasteiger partial charge is 0.444 e. The number of nitrogens with one attached hydrogen (secondary N) is 1. The zero-order valence-corrected chi connectivity index (χ0v) is 13.1. The standard InChI is InChI=1S/C14H28N2O4/c1-14(2,3)20-13(17)16-8-5-6-12(7-9-16)15-19-11-10-18-4/h12,15H,5-11H2,1-4H3. The smallest absolute Gasteiger partial charge is 0.410 e. The highest BCUT2D eigenvalue weighted by molar-refractivity contribution is 5.68. The van der Waals surface area contributed by atoms with Crippen LogP contribution in [0.5, 0.6) is 0 Å². The van der Waals surface area contributed by atoms with Gasteiger partial charge >= 0.3 is 6.09 Å². The van der Waals surface area contributed by atoms with Crippen molar-refractivity contribution in [1.82, 2.24) is 10.4 Å². The number of methoxy groups -OCH3 is 1. The lowest BCUT2D eigenvalue weighted by Gasteiger charge is -2.26. The minimum Gasteiger partial charge on any atom is -0.444 e. The topological polar surface area (TPSA) is 60.0 Å². The van der Waals surface area contributed by atoms with Crippen LogP contribution in [-0.2, 0) is 14.3 Å². The van der Waals surface area contributed by atoms with Crippen molar-refractivity contribution in [3.05, 3.63) is 0 Å². The highest BCUT2D eigenvalue weighted by Crippen LogP contribution is 2.15. The first-order valence-corrected chi connectivity index (χ1v) is 7.26. The quantitative estimate of drug-likeness (QED) is 0.619. The zero-order valence-electron chi connectivity index (χ0n) is 13.1. The molecule has 1 saturated heterocycles. The van der Waals surface area contributed by atoms with Crippen molar-refractivity contribution < 1.29 is 19.1 Å². The third-order valence-corrected chi connectivity index (χ3v) is 3.02. The first-order valence-electron chi connectivity index (χ1n) is 7.26. The highest BCUT2D eigenvalue weighted by Gasteiger charge is 2.25. The van der Waals surface area contributed by atoms with Gasteiger partial charge in [-0.1, -0.05) is 0 Å². The number of likely N-dealkylation sites (tertiary alicyclic amines) is 1. The van der Waals surface area contributed by atoms with E-state index in [1.807, 2.05) is 20.8 Å². The molecule has 20 heavy (non-hydrogen) atoms. The van der Waals surface area contributed by atoms with E-state index in [1.165, 1.54) is 0 Å². The molecular weight excluding hydrogens is 260 g/mol. The van der Waals surface area contributed by atoms with Crippen LogP contribution in [0.25, 0.3) is 0 Å². The maximum Gasteiger partial charge on any atom is 0.410 e. The molecule has 1 unspecified atom stereocenters. The molecule has 0 bridgehead atoms. The van der Waals surface area contributed by atoms with Crippen molar-refractivity contribution in [1.29, 1.82) is 0 Å². The van der Waals surface area contributed by atoms with Crippen LogP contribution in [-0.4, -0.2) is 56.0 Å². The Morgan fingerprint density at radius 2 is 2.00 bits per heavy atom. The third kappa shape index (κ3) is 7.07. The summed E-state index contributed by atoms with van der Waals surface area (Å²) in [7, 11) is 1.65. The van der Waals surface area contributed by atoms with Crippen LogP contribution in [0.1, 0.15) is 40.0 Å². The van der Waals surface area contributed by atoms with Gasteiger partial charge in [0, 0.05) is 26.2 Å². The minimum atomic E-state index is -0.440. The van der Waals surface area contributed by atoms with Gasteiger partial charge in [0.25, 0.3) is 0 Å². The van der Waals surface area contributed by atoms with Crippen molar-refractivity contribution in [2.75, 3.05) is 33.4 Å². The molecule has 1 amide bonds. The van der Waals surface area contributed by atoms with Crippen LogP contribution in [0.15, 0.2) is 0 Å². The molecule has 0 aromatic rings. The predicted octanol–water partition coefficient (Wildman–Crippen LogP) is 1.94. The Balaban J connectivity index is 2.30. The van der Waals surface area contributed by atoms with Gasteiger partial charge in [-0.25, -0.2) is 4.79 Å². The fraction of sp³-hybridized carbons (Fsp3) is 0.929. The Morgan fingerprint density at radius 1 is 1.25 bits per heavy atom. The van der Waals surface area contributed by atoms with Gasteiger partial charge in [-0.3, -0.25) is 4.84 Å². The van der Waals surface area contributed by atoms with Crippen LogP contribution in [0.4, 0.5) is 4.79 Å². The number of carbonyl (C=O) groups is 1. The molecule has 1 aliphatic heterocycles. The van der Waals surface area contributed by atoms with Crippen molar-refractivity contribution in [3.63, 3.8) is 0 Å². The molecule has 1 heterocycles. The maximum absolute atomic E-state index is 12.0. The Bertz CT molecular complexity index is 291. The van der Waals surface area contributed by atoms with Crippen molar-refractivity contribution in [3.8, 4) is 0 Å². The summed E-state index contributed by atoms with van der Waals surface area (Å²) in [6.45, 7) is 8.20. The van der Waals surface area contributed by atoms with Gasteiger partial charge in [0.05, 0.1) is 13.2 Å². The summed E-state index contributed by atoms with van der Waals surface area (Å²) in [6.07, 6.45) is 2.58. The summed E-state index contributed by atoms with van der Waals surface area (Å²) >= 11 is 0. The third-order valence-electron chi connectivity index (χ3n) is 3.02. The molecule has 1 N–H and O–H groups in total. The second-order valence-corrected chi connectivity index (χ2v) is 6.05. The summed E-state index contributed by atoms with van der Waals surface area (Å²) in [5, 5.41) is 0. The van der Waals surface area contributed by atoms with E-state index in [4.69, 9.17) is 14.3 Å². The number of carbonyl (C=O) groups excluding carboxylic acids is 1. The van der Waals surface area contributed by atoms with E-state index in [1.54, 1.807) is 12.0 Å². The molecular formula is C14H28N2O4. The lowest BCUT2D eigenvalue weighted by molar-refractivity contribution is -0.0146. The molecule has 118 valence electrons. The number of hydrogen-bond acceptors (Lipinski definition) is 5. The fourth-order valence-corrected chi connectivity index (χ4v) is 2.03. The van der Waals surface area contributed by atoms with Gasteiger partial charge in [0.1, 0.15) is 5.60 Å². The van der Waals surface area contributed by atoms with Gasteiger partial charge in [0.15, 0.2) is 0 Å². The Morgan fingerprint density at radius 3 is 2.65 bits per heavy atom. The minimum absolute atomic E-state index is 0.224. The number of ether oxygens (including phenoxy) is 2. The van der Waals surface area contributed by atoms with E-state index in [0.29, 0.717) is 19.8 Å². The van der Waals surface area contributed by atoms with Crippen molar-refractivity contribution in [2.45, 2.75) is 51.7 Å². The Kier molecular flexibility index (Phi) is 7.26. The SMILES string of the molecule is COCCONC1CCCN(C(=O)OC(C)(C)C)CC1. The van der Waals surface area contributed by atoms with Crippen LogP contribution < -0.4 is 5.48 Å². The van der Waals surface area contributed by atoms with E-state index < -0.39 is 5.60 Å². The van der Waals surface area contributed by atoms with Crippen LogP contribution in [0.2, 0.25) is 0 Å². The number of amides is 1. The molecule has 0 aromatic heterocycles. The normalized spacial score (nSPS) is 20.6. The van der Waals surface area contributed by atoms with Gasteiger partial charge in [0.2, 0.25) is 0 Å². The fourth-order valence-electron chi connectivity index (χ4n) is 2.03. The maximum atomic E-state index is 12.0. The summed E-state index contributed by atoms with van der Waals surface area (Å²) in [5.41, 5.74) is 2.61. The van der Waals surface area contributed by atoms with E-state index in [-0.39, 0.29) is 12.1 Å². The molecule has 0 saturated carbocycles. The molecule has 6 nitrogen and oxygen atoms in total. The number of nitrogens with zero attached hydrogens (tertiary/aromatic N) is 1. The van der Waals surface area contributed by atoms with E-state index in [0.717, 1.165) is 25.8 Å². The Hall–Kier alpha value is -0.850. The molecule has 1 atom stereocenters. The predicted molar refractivity (Wildman–Crippen MR) is 76.4 cm³/mol. The number of rotatable bonds is 5. The number of hydroxylamine groups is 1. The van der Waals surface area contributed by atoms with E-state index in [9.17, 15) is 4.79 Å². The number of hydrogen-bond donors (Lipinski definition) is 1. The Labute approximate surface area is 121 Å².